The van der Waals surface area contributed by atoms with Crippen LogP contribution in [0.5, 0.6) is 0 Å². The number of hydrogen-bond acceptors (Lipinski definition) is 4. The highest BCUT2D eigenvalue weighted by Crippen LogP contribution is 2.25. The van der Waals surface area contributed by atoms with Crippen molar-refractivity contribution in [2.75, 3.05) is 36.4 Å². The minimum absolute atomic E-state index is 0.123. The maximum atomic E-state index is 13.6. The summed E-state index contributed by atoms with van der Waals surface area (Å²) < 4.78 is 15.1. The standard InChI is InChI=1S/C21H24FN5O/c1-15(2)24-18-4-3-8-23-20(18)25-10-12-26(13-11-25)21(28)27-9-7-16-5-6-17(22)14-19(16)27/h3-9,14-15,24H,10-13H2,1-2H3. The molecule has 3 heterocycles. The van der Waals surface area contributed by atoms with Crippen LogP contribution in [-0.4, -0.2) is 52.7 Å². The Kier molecular flexibility index (Phi) is 4.90. The quantitative estimate of drug-likeness (QED) is 0.750. The fourth-order valence-electron chi connectivity index (χ4n) is 3.60. The Morgan fingerprint density at radius 2 is 1.93 bits per heavy atom. The second kappa shape index (κ2) is 7.50. The Morgan fingerprint density at radius 3 is 2.68 bits per heavy atom. The lowest BCUT2D eigenvalue weighted by molar-refractivity contribution is 0.197. The molecule has 6 nitrogen and oxygen atoms in total. The van der Waals surface area contributed by atoms with Crippen LogP contribution in [0.1, 0.15) is 13.8 Å². The van der Waals surface area contributed by atoms with E-state index in [9.17, 15) is 9.18 Å². The molecule has 1 aliphatic rings. The lowest BCUT2D eigenvalue weighted by Crippen LogP contribution is -2.50. The Bertz CT molecular complexity index is 991. The summed E-state index contributed by atoms with van der Waals surface area (Å²) in [4.78, 5) is 21.5. The molecule has 0 saturated carbocycles. The summed E-state index contributed by atoms with van der Waals surface area (Å²) in [7, 11) is 0. The summed E-state index contributed by atoms with van der Waals surface area (Å²) in [5.41, 5.74) is 1.60. The number of piperazine rings is 1. The van der Waals surface area contributed by atoms with Gasteiger partial charge in [0.05, 0.1) is 11.2 Å². The molecule has 1 aromatic carbocycles. The van der Waals surface area contributed by atoms with E-state index in [4.69, 9.17) is 0 Å². The fourth-order valence-corrected chi connectivity index (χ4v) is 3.60. The fraction of sp³-hybridized carbons (Fsp3) is 0.333. The summed E-state index contributed by atoms with van der Waals surface area (Å²) in [5, 5.41) is 4.28. The summed E-state index contributed by atoms with van der Waals surface area (Å²) >= 11 is 0. The van der Waals surface area contributed by atoms with Gasteiger partial charge in [0.1, 0.15) is 5.82 Å². The van der Waals surface area contributed by atoms with Crippen LogP contribution in [0, 0.1) is 5.82 Å². The van der Waals surface area contributed by atoms with Gasteiger partial charge in [-0.15, -0.1) is 0 Å². The third-order valence-corrected chi connectivity index (χ3v) is 4.94. The van der Waals surface area contributed by atoms with Crippen LogP contribution in [0.3, 0.4) is 0 Å². The first kappa shape index (κ1) is 18.3. The van der Waals surface area contributed by atoms with Crippen molar-refractivity contribution < 1.29 is 9.18 Å². The molecule has 0 atom stereocenters. The molecule has 0 unspecified atom stereocenters. The Labute approximate surface area is 163 Å². The van der Waals surface area contributed by atoms with E-state index in [0.717, 1.165) is 16.9 Å². The van der Waals surface area contributed by atoms with E-state index in [2.05, 4.69) is 29.0 Å². The first-order valence-corrected chi connectivity index (χ1v) is 9.55. The minimum atomic E-state index is -0.342. The maximum Gasteiger partial charge on any atom is 0.328 e. The van der Waals surface area contributed by atoms with Gasteiger partial charge in [0.15, 0.2) is 5.82 Å². The largest absolute Gasteiger partial charge is 0.380 e. The number of nitrogens with one attached hydrogen (secondary N) is 1. The van der Waals surface area contributed by atoms with Crippen molar-refractivity contribution in [2.24, 2.45) is 0 Å². The second-order valence-corrected chi connectivity index (χ2v) is 7.32. The van der Waals surface area contributed by atoms with Crippen LogP contribution in [0.25, 0.3) is 10.9 Å². The zero-order chi connectivity index (χ0) is 19.7. The average Bonchev–Trinajstić information content (AvgIpc) is 3.10. The number of anilines is 2. The molecule has 7 heteroatoms. The Morgan fingerprint density at radius 1 is 1.14 bits per heavy atom. The van der Waals surface area contributed by atoms with Crippen molar-refractivity contribution in [3.8, 4) is 0 Å². The second-order valence-electron chi connectivity index (χ2n) is 7.32. The number of fused-ring (bicyclic) bond motifs is 1. The maximum absolute atomic E-state index is 13.6. The van der Waals surface area contributed by atoms with Crippen molar-refractivity contribution in [3.05, 3.63) is 54.6 Å². The molecule has 146 valence electrons. The Hall–Kier alpha value is -3.09. The molecule has 1 N–H and O–H groups in total. The highest BCUT2D eigenvalue weighted by molar-refractivity contribution is 5.91. The normalized spacial score (nSPS) is 14.7. The number of carbonyl (C=O) groups excluding carboxylic acids is 1. The van der Waals surface area contributed by atoms with E-state index in [1.165, 1.54) is 16.7 Å². The number of carbonyl (C=O) groups is 1. The van der Waals surface area contributed by atoms with Crippen molar-refractivity contribution >= 4 is 28.4 Å². The molecule has 0 bridgehead atoms. The SMILES string of the molecule is CC(C)Nc1cccnc1N1CCN(C(=O)n2ccc3ccc(F)cc32)CC1. The predicted octanol–water partition coefficient (Wildman–Crippen LogP) is 3.79. The number of aromatic nitrogens is 2. The molecular formula is C21H24FN5O. The highest BCUT2D eigenvalue weighted by Gasteiger charge is 2.25. The average molecular weight is 381 g/mol. The van der Waals surface area contributed by atoms with E-state index in [1.54, 1.807) is 23.4 Å². The van der Waals surface area contributed by atoms with Crippen molar-refractivity contribution in [2.45, 2.75) is 19.9 Å². The molecule has 1 aliphatic heterocycles. The smallest absolute Gasteiger partial charge is 0.328 e. The van der Waals surface area contributed by atoms with E-state index >= 15 is 0 Å². The molecule has 0 spiro atoms. The third kappa shape index (κ3) is 3.52. The van der Waals surface area contributed by atoms with Gasteiger partial charge in [-0.05, 0) is 50.2 Å². The third-order valence-electron chi connectivity index (χ3n) is 4.94. The van der Waals surface area contributed by atoms with Crippen LogP contribution in [0.2, 0.25) is 0 Å². The van der Waals surface area contributed by atoms with Gasteiger partial charge in [-0.25, -0.2) is 14.2 Å². The molecule has 2 aromatic heterocycles. The molecular weight excluding hydrogens is 357 g/mol. The summed E-state index contributed by atoms with van der Waals surface area (Å²) in [6.07, 6.45) is 3.50. The molecule has 3 aromatic rings. The van der Waals surface area contributed by atoms with Crippen molar-refractivity contribution in [1.82, 2.24) is 14.5 Å². The monoisotopic (exact) mass is 381 g/mol. The molecule has 0 aliphatic carbocycles. The summed E-state index contributed by atoms with van der Waals surface area (Å²) in [6.45, 7) is 6.76. The number of nitrogens with zero attached hydrogens (tertiary/aromatic N) is 4. The van der Waals surface area contributed by atoms with Gasteiger partial charge in [-0.2, -0.15) is 0 Å². The zero-order valence-corrected chi connectivity index (χ0v) is 16.1. The highest BCUT2D eigenvalue weighted by atomic mass is 19.1. The molecule has 1 amide bonds. The van der Waals surface area contributed by atoms with E-state index in [0.29, 0.717) is 37.7 Å². The molecule has 28 heavy (non-hydrogen) atoms. The Balaban J connectivity index is 1.48. The molecule has 4 rings (SSSR count). The molecule has 1 fully saturated rings. The number of rotatable bonds is 3. The van der Waals surface area contributed by atoms with Crippen LogP contribution < -0.4 is 10.2 Å². The number of hydrogen-bond donors (Lipinski definition) is 1. The van der Waals surface area contributed by atoms with E-state index in [-0.39, 0.29) is 11.8 Å². The van der Waals surface area contributed by atoms with Crippen molar-refractivity contribution in [3.63, 3.8) is 0 Å². The first-order valence-electron chi connectivity index (χ1n) is 9.55. The molecule has 0 radical (unpaired) electrons. The lowest BCUT2D eigenvalue weighted by atomic mass is 10.2. The lowest BCUT2D eigenvalue weighted by Gasteiger charge is -2.36. The van der Waals surface area contributed by atoms with Gasteiger partial charge >= 0.3 is 6.03 Å². The van der Waals surface area contributed by atoms with Gasteiger partial charge in [-0.1, -0.05) is 0 Å². The van der Waals surface area contributed by atoms with Crippen molar-refractivity contribution in [1.29, 1.82) is 0 Å². The van der Waals surface area contributed by atoms with Gasteiger partial charge in [0, 0.05) is 50.0 Å². The predicted molar refractivity (Wildman–Crippen MR) is 109 cm³/mol. The number of pyridine rings is 1. The zero-order valence-electron chi connectivity index (χ0n) is 16.1. The van der Waals surface area contributed by atoms with Gasteiger partial charge in [-0.3, -0.25) is 4.57 Å². The number of benzene rings is 1. The van der Waals surface area contributed by atoms with Crippen LogP contribution in [-0.2, 0) is 0 Å². The molecule has 1 saturated heterocycles. The topological polar surface area (TPSA) is 53.4 Å². The van der Waals surface area contributed by atoms with E-state index < -0.39 is 0 Å². The minimum Gasteiger partial charge on any atom is -0.380 e. The number of amides is 1. The first-order chi connectivity index (χ1) is 13.5. The van der Waals surface area contributed by atoms with Crippen LogP contribution in [0.4, 0.5) is 20.7 Å². The van der Waals surface area contributed by atoms with Crippen LogP contribution >= 0.6 is 0 Å². The van der Waals surface area contributed by atoms with E-state index in [1.807, 2.05) is 18.2 Å². The summed E-state index contributed by atoms with van der Waals surface area (Å²) in [6, 6.07) is 10.5. The number of halogens is 1. The van der Waals surface area contributed by atoms with Gasteiger partial charge in [0.2, 0.25) is 0 Å². The summed E-state index contributed by atoms with van der Waals surface area (Å²) in [5.74, 6) is 0.571. The van der Waals surface area contributed by atoms with Gasteiger partial charge in [0.25, 0.3) is 0 Å². The van der Waals surface area contributed by atoms with Crippen LogP contribution in [0.15, 0.2) is 48.8 Å². The van der Waals surface area contributed by atoms with Gasteiger partial charge < -0.3 is 15.1 Å².